The normalized spacial score (nSPS) is 26.6. The van der Waals surface area contributed by atoms with Crippen molar-refractivity contribution in [2.24, 2.45) is 10.7 Å². The second-order valence-corrected chi connectivity index (χ2v) is 5.32. The van der Waals surface area contributed by atoms with Crippen LogP contribution in [0.25, 0.3) is 0 Å². The molecule has 1 aliphatic heterocycles. The number of carbonyl (C=O) groups excluding carboxylic acids is 1. The molecule has 88 valence electrons. The van der Waals surface area contributed by atoms with Gasteiger partial charge in [-0.3, -0.25) is 0 Å². The Morgan fingerprint density at radius 1 is 1.53 bits per heavy atom. The molecule has 0 saturated heterocycles. The molecular weight excluding hydrogens is 282 g/mol. The maximum absolute atomic E-state index is 11.7. The Bertz CT molecular complexity index is 555. The summed E-state index contributed by atoms with van der Waals surface area (Å²) in [5, 5.41) is 0. The maximum Gasteiger partial charge on any atom is 0.346 e. The van der Waals surface area contributed by atoms with E-state index in [0.29, 0.717) is 5.84 Å². The fourth-order valence-electron chi connectivity index (χ4n) is 2.86. The summed E-state index contributed by atoms with van der Waals surface area (Å²) in [6.07, 6.45) is 1.72. The van der Waals surface area contributed by atoms with Crippen LogP contribution in [0.15, 0.2) is 27.7 Å². The van der Waals surface area contributed by atoms with E-state index in [1.807, 2.05) is 18.2 Å². The third-order valence-corrected chi connectivity index (χ3v) is 4.54. The first-order chi connectivity index (χ1) is 8.07. The molecule has 1 atom stereocenters. The number of nitrogens with two attached hydrogens (primary N) is 1. The van der Waals surface area contributed by atoms with E-state index in [4.69, 9.17) is 5.73 Å². The summed E-state index contributed by atoms with van der Waals surface area (Å²) in [4.78, 5) is 17.2. The molecule has 1 aromatic rings. The molecule has 3 rings (SSSR count). The Morgan fingerprint density at radius 2 is 2.29 bits per heavy atom. The van der Waals surface area contributed by atoms with Crippen LogP contribution in [0.4, 0.5) is 4.79 Å². The van der Waals surface area contributed by atoms with E-state index in [-0.39, 0.29) is 6.03 Å². The number of benzene rings is 1. The van der Waals surface area contributed by atoms with Gasteiger partial charge >= 0.3 is 6.03 Å². The third kappa shape index (κ3) is 1.17. The van der Waals surface area contributed by atoms with Gasteiger partial charge in [-0.2, -0.15) is 4.99 Å². The lowest BCUT2D eigenvalue weighted by Crippen LogP contribution is -2.48. The fraction of sp³-hybridized carbons (Fsp3) is 0.333. The third-order valence-electron chi connectivity index (χ3n) is 3.80. The van der Waals surface area contributed by atoms with Gasteiger partial charge in [-0.15, -0.1) is 0 Å². The summed E-state index contributed by atoms with van der Waals surface area (Å²) in [5.74, 6) is 0.418. The van der Waals surface area contributed by atoms with E-state index in [2.05, 4.69) is 20.9 Å². The van der Waals surface area contributed by atoms with Gasteiger partial charge in [0, 0.05) is 11.5 Å². The zero-order valence-electron chi connectivity index (χ0n) is 9.40. The number of urea groups is 1. The Hall–Kier alpha value is -1.36. The predicted octanol–water partition coefficient (Wildman–Crippen LogP) is 2.01. The molecule has 1 heterocycles. The van der Waals surface area contributed by atoms with E-state index in [1.54, 1.807) is 11.9 Å². The van der Waals surface area contributed by atoms with Crippen LogP contribution in [-0.2, 0) is 12.0 Å². The van der Waals surface area contributed by atoms with E-state index >= 15 is 0 Å². The maximum atomic E-state index is 11.7. The summed E-state index contributed by atoms with van der Waals surface area (Å²) in [5.41, 5.74) is 7.80. The largest absolute Gasteiger partial charge is 0.385 e. The lowest BCUT2D eigenvalue weighted by Gasteiger charge is -2.32. The first-order valence-corrected chi connectivity index (χ1v) is 6.27. The number of hydrogen-bond acceptors (Lipinski definition) is 2. The van der Waals surface area contributed by atoms with Crippen LogP contribution < -0.4 is 5.73 Å². The molecule has 2 N–H and O–H groups in total. The molecule has 0 saturated carbocycles. The van der Waals surface area contributed by atoms with Crippen molar-refractivity contribution in [3.05, 3.63) is 33.8 Å². The SMILES string of the molecule is CN1C(=O)N=C(N)C12CCc1c(Br)cccc12. The summed E-state index contributed by atoms with van der Waals surface area (Å²) in [6.45, 7) is 0. The lowest BCUT2D eigenvalue weighted by molar-refractivity contribution is 0.190. The molecule has 1 unspecified atom stereocenters. The van der Waals surface area contributed by atoms with Crippen molar-refractivity contribution in [3.8, 4) is 0 Å². The van der Waals surface area contributed by atoms with Crippen molar-refractivity contribution >= 4 is 27.8 Å². The first-order valence-electron chi connectivity index (χ1n) is 5.47. The molecule has 0 radical (unpaired) electrons. The van der Waals surface area contributed by atoms with Gasteiger partial charge in [0.1, 0.15) is 11.4 Å². The molecule has 17 heavy (non-hydrogen) atoms. The monoisotopic (exact) mass is 293 g/mol. The van der Waals surface area contributed by atoms with Crippen molar-refractivity contribution in [1.82, 2.24) is 4.90 Å². The van der Waals surface area contributed by atoms with Gasteiger partial charge in [0.25, 0.3) is 0 Å². The predicted molar refractivity (Wildman–Crippen MR) is 68.9 cm³/mol. The average Bonchev–Trinajstić information content (AvgIpc) is 2.78. The molecular formula is C12H12BrN3O. The lowest BCUT2D eigenvalue weighted by atomic mass is 9.90. The number of halogens is 1. The number of hydrogen-bond donors (Lipinski definition) is 1. The minimum atomic E-state index is -0.518. The molecule has 0 aromatic heterocycles. The first kappa shape index (κ1) is 10.8. The molecule has 2 aliphatic rings. The van der Waals surface area contributed by atoms with Crippen LogP contribution in [0.2, 0.25) is 0 Å². The van der Waals surface area contributed by atoms with Gasteiger partial charge in [0.05, 0.1) is 0 Å². The second-order valence-electron chi connectivity index (χ2n) is 4.46. The molecule has 2 amide bonds. The quantitative estimate of drug-likeness (QED) is 0.795. The van der Waals surface area contributed by atoms with Crippen LogP contribution in [0.3, 0.4) is 0 Å². The van der Waals surface area contributed by atoms with Gasteiger partial charge in [-0.1, -0.05) is 28.1 Å². The van der Waals surface area contributed by atoms with Gasteiger partial charge in [-0.05, 0) is 30.0 Å². The zero-order chi connectivity index (χ0) is 12.2. The molecule has 4 nitrogen and oxygen atoms in total. The van der Waals surface area contributed by atoms with E-state index in [9.17, 15) is 4.79 Å². The number of amidine groups is 1. The highest BCUT2D eigenvalue weighted by molar-refractivity contribution is 9.10. The average molecular weight is 294 g/mol. The van der Waals surface area contributed by atoms with Gasteiger partial charge in [0.15, 0.2) is 0 Å². The van der Waals surface area contributed by atoms with Crippen LogP contribution in [-0.4, -0.2) is 23.8 Å². The van der Waals surface area contributed by atoms with Crippen LogP contribution in [0.5, 0.6) is 0 Å². The highest BCUT2D eigenvalue weighted by Crippen LogP contribution is 2.46. The van der Waals surface area contributed by atoms with Crippen molar-refractivity contribution in [1.29, 1.82) is 0 Å². The number of nitrogens with zero attached hydrogens (tertiary/aromatic N) is 2. The highest BCUT2D eigenvalue weighted by atomic mass is 79.9. The molecule has 1 spiro atoms. The fourth-order valence-corrected chi connectivity index (χ4v) is 3.43. The van der Waals surface area contributed by atoms with Crippen LogP contribution in [0.1, 0.15) is 17.5 Å². The van der Waals surface area contributed by atoms with E-state index in [1.165, 1.54) is 5.56 Å². The molecule has 0 bridgehead atoms. The standard InChI is InChI=1S/C12H12BrN3O/c1-16-11(17)15-10(14)12(16)6-5-7-8(12)3-2-4-9(7)13/h2-4H,5-6H2,1H3,(H2,14,15,17). The van der Waals surface area contributed by atoms with Gasteiger partial charge in [0.2, 0.25) is 0 Å². The van der Waals surface area contributed by atoms with E-state index in [0.717, 1.165) is 22.9 Å². The Balaban J connectivity index is 2.25. The molecule has 5 heteroatoms. The number of amides is 2. The summed E-state index contributed by atoms with van der Waals surface area (Å²) < 4.78 is 1.08. The topological polar surface area (TPSA) is 58.7 Å². The van der Waals surface area contributed by atoms with Crippen molar-refractivity contribution in [3.63, 3.8) is 0 Å². The van der Waals surface area contributed by atoms with Crippen molar-refractivity contribution in [2.75, 3.05) is 7.05 Å². The Morgan fingerprint density at radius 3 is 2.94 bits per heavy atom. The second kappa shape index (κ2) is 3.32. The van der Waals surface area contributed by atoms with Crippen molar-refractivity contribution < 1.29 is 4.79 Å². The number of aliphatic imine (C=N–C) groups is 1. The minimum Gasteiger partial charge on any atom is -0.385 e. The Labute approximate surface area is 108 Å². The summed E-state index contributed by atoms with van der Waals surface area (Å²) in [7, 11) is 1.77. The molecule has 1 aromatic carbocycles. The van der Waals surface area contributed by atoms with Crippen molar-refractivity contribution in [2.45, 2.75) is 18.4 Å². The number of rotatable bonds is 0. The summed E-state index contributed by atoms with van der Waals surface area (Å²) >= 11 is 3.55. The van der Waals surface area contributed by atoms with Gasteiger partial charge < -0.3 is 10.6 Å². The highest BCUT2D eigenvalue weighted by Gasteiger charge is 2.51. The minimum absolute atomic E-state index is 0.254. The Kier molecular flexibility index (Phi) is 2.10. The van der Waals surface area contributed by atoms with E-state index < -0.39 is 5.54 Å². The van der Waals surface area contributed by atoms with Crippen LogP contribution >= 0.6 is 15.9 Å². The molecule has 0 fully saturated rings. The number of likely N-dealkylation sites (N-methyl/N-ethyl adjacent to an activating group) is 1. The zero-order valence-corrected chi connectivity index (χ0v) is 11.0. The number of fused-ring (bicyclic) bond motifs is 2. The number of carbonyl (C=O) groups is 1. The molecule has 1 aliphatic carbocycles. The van der Waals surface area contributed by atoms with Crippen LogP contribution in [0, 0.1) is 0 Å². The van der Waals surface area contributed by atoms with Gasteiger partial charge in [-0.25, -0.2) is 4.79 Å². The summed E-state index contributed by atoms with van der Waals surface area (Å²) in [6, 6.07) is 5.77. The smallest absolute Gasteiger partial charge is 0.346 e.